The minimum atomic E-state index is -3.59. The molecule has 0 saturated carbocycles. The topological polar surface area (TPSA) is 86.6 Å². The van der Waals surface area contributed by atoms with Crippen LogP contribution in [0.3, 0.4) is 0 Å². The molecule has 0 radical (unpaired) electrons. The molecule has 0 heterocycles. The Morgan fingerprint density at radius 3 is 2.50 bits per heavy atom. The van der Waals surface area contributed by atoms with Crippen molar-refractivity contribution in [1.29, 1.82) is 0 Å². The summed E-state index contributed by atoms with van der Waals surface area (Å²) in [5, 5.41) is 18.8. The van der Waals surface area contributed by atoms with Gasteiger partial charge in [-0.1, -0.05) is 29.8 Å². The number of aliphatic hydroxyl groups excluding tert-OH is 2. The first-order valence-corrected chi connectivity index (χ1v) is 7.97. The van der Waals surface area contributed by atoms with Crippen LogP contribution >= 0.6 is 0 Å². The molecule has 3 atom stereocenters. The third kappa shape index (κ3) is 3.46. The van der Waals surface area contributed by atoms with Crippen molar-refractivity contribution in [2.24, 2.45) is 5.92 Å². The molecule has 110 valence electrons. The zero-order chi connectivity index (χ0) is 14.8. The molecule has 1 aromatic carbocycles. The zero-order valence-electron chi connectivity index (χ0n) is 11.2. The van der Waals surface area contributed by atoms with Crippen molar-refractivity contribution in [1.82, 2.24) is 4.72 Å². The van der Waals surface area contributed by atoms with Crippen molar-refractivity contribution in [3.63, 3.8) is 0 Å². The SMILES string of the molecule is Cc1ccc(S(=O)(=O)N[C@H]2C=C[C@@H](O)[C@H](CO)C2)cc1. The van der Waals surface area contributed by atoms with Crippen LogP contribution in [0.4, 0.5) is 0 Å². The molecule has 6 heteroatoms. The molecule has 3 N–H and O–H groups in total. The van der Waals surface area contributed by atoms with Crippen LogP contribution < -0.4 is 4.72 Å². The molecule has 1 aromatic rings. The molecule has 0 aliphatic heterocycles. The number of aliphatic hydroxyl groups is 2. The van der Waals surface area contributed by atoms with E-state index in [4.69, 9.17) is 5.11 Å². The Hall–Kier alpha value is -1.21. The number of aryl methyl sites for hydroxylation is 1. The fourth-order valence-corrected chi connectivity index (χ4v) is 3.41. The smallest absolute Gasteiger partial charge is 0.241 e. The van der Waals surface area contributed by atoms with Crippen LogP contribution in [0.15, 0.2) is 41.3 Å². The lowest BCUT2D eigenvalue weighted by Crippen LogP contribution is -2.40. The molecule has 0 aromatic heterocycles. The van der Waals surface area contributed by atoms with Gasteiger partial charge in [-0.15, -0.1) is 0 Å². The number of sulfonamides is 1. The highest BCUT2D eigenvalue weighted by Crippen LogP contribution is 2.20. The fraction of sp³-hybridized carbons (Fsp3) is 0.429. The molecule has 0 unspecified atom stereocenters. The first kappa shape index (κ1) is 15.2. The number of hydrogen-bond donors (Lipinski definition) is 3. The average Bonchev–Trinajstić information content (AvgIpc) is 2.41. The summed E-state index contributed by atoms with van der Waals surface area (Å²) in [5.41, 5.74) is 0.991. The maximum Gasteiger partial charge on any atom is 0.241 e. The van der Waals surface area contributed by atoms with Gasteiger partial charge in [0.1, 0.15) is 0 Å². The van der Waals surface area contributed by atoms with Gasteiger partial charge in [0.2, 0.25) is 10.0 Å². The first-order chi connectivity index (χ1) is 9.42. The quantitative estimate of drug-likeness (QED) is 0.709. The van der Waals surface area contributed by atoms with Crippen LogP contribution in [0.2, 0.25) is 0 Å². The molecule has 0 saturated heterocycles. The van der Waals surface area contributed by atoms with Gasteiger partial charge in [0, 0.05) is 18.6 Å². The molecule has 0 amide bonds. The number of benzene rings is 1. The van der Waals surface area contributed by atoms with Crippen LogP contribution in [0.25, 0.3) is 0 Å². The summed E-state index contributed by atoms with van der Waals surface area (Å²) in [5.74, 6) is -0.342. The van der Waals surface area contributed by atoms with E-state index in [2.05, 4.69) is 4.72 Å². The van der Waals surface area contributed by atoms with E-state index < -0.39 is 22.2 Å². The normalized spacial score (nSPS) is 26.6. The molecule has 5 nitrogen and oxygen atoms in total. The molecular formula is C14H19NO4S. The molecular weight excluding hydrogens is 278 g/mol. The van der Waals surface area contributed by atoms with E-state index in [1.165, 1.54) is 6.08 Å². The number of hydrogen-bond acceptors (Lipinski definition) is 4. The second-order valence-corrected chi connectivity index (χ2v) is 6.81. The molecule has 0 spiro atoms. The van der Waals surface area contributed by atoms with E-state index in [1.54, 1.807) is 30.3 Å². The van der Waals surface area contributed by atoms with Crippen LogP contribution in [-0.2, 0) is 10.0 Å². The molecule has 0 bridgehead atoms. The van der Waals surface area contributed by atoms with E-state index in [0.717, 1.165) is 5.56 Å². The van der Waals surface area contributed by atoms with Gasteiger partial charge >= 0.3 is 0 Å². The van der Waals surface area contributed by atoms with Crippen molar-refractivity contribution < 1.29 is 18.6 Å². The highest BCUT2D eigenvalue weighted by molar-refractivity contribution is 7.89. The van der Waals surface area contributed by atoms with Gasteiger partial charge in [-0.2, -0.15) is 0 Å². The lowest BCUT2D eigenvalue weighted by atomic mass is 9.90. The summed E-state index contributed by atoms with van der Waals surface area (Å²) < 4.78 is 27.0. The predicted molar refractivity (Wildman–Crippen MR) is 75.6 cm³/mol. The number of nitrogens with one attached hydrogen (secondary N) is 1. The van der Waals surface area contributed by atoms with E-state index in [9.17, 15) is 13.5 Å². The molecule has 20 heavy (non-hydrogen) atoms. The van der Waals surface area contributed by atoms with E-state index >= 15 is 0 Å². The minimum Gasteiger partial charge on any atom is -0.396 e. The van der Waals surface area contributed by atoms with Gasteiger partial charge in [0.25, 0.3) is 0 Å². The lowest BCUT2D eigenvalue weighted by molar-refractivity contribution is 0.0857. The zero-order valence-corrected chi connectivity index (χ0v) is 12.0. The third-order valence-corrected chi connectivity index (χ3v) is 4.96. The summed E-state index contributed by atoms with van der Waals surface area (Å²) >= 11 is 0. The predicted octanol–water partition coefficient (Wildman–Crippen LogP) is 0.571. The van der Waals surface area contributed by atoms with Crippen LogP contribution in [-0.4, -0.2) is 37.4 Å². The van der Waals surface area contributed by atoms with Crippen molar-refractivity contribution in [3.05, 3.63) is 42.0 Å². The lowest BCUT2D eigenvalue weighted by Gasteiger charge is -2.27. The Morgan fingerprint density at radius 2 is 1.90 bits per heavy atom. The van der Waals surface area contributed by atoms with Crippen molar-refractivity contribution in [2.75, 3.05) is 6.61 Å². The summed E-state index contributed by atoms with van der Waals surface area (Å²) in [6.45, 7) is 1.72. The second-order valence-electron chi connectivity index (χ2n) is 5.09. The Bertz CT molecular complexity index is 580. The van der Waals surface area contributed by atoms with Gasteiger partial charge in [-0.05, 0) is 25.5 Å². The highest BCUT2D eigenvalue weighted by Gasteiger charge is 2.27. The Kier molecular flexibility index (Phi) is 4.59. The summed E-state index contributed by atoms with van der Waals surface area (Å²) in [6, 6.07) is 6.18. The van der Waals surface area contributed by atoms with Gasteiger partial charge in [0.05, 0.1) is 11.0 Å². The van der Waals surface area contributed by atoms with Crippen LogP contribution in [0.5, 0.6) is 0 Å². The Balaban J connectivity index is 2.13. The maximum atomic E-state index is 12.2. The standard InChI is InChI=1S/C14H19NO4S/c1-10-2-5-13(6-3-10)20(18,19)15-12-4-7-14(17)11(8-12)9-16/h2-7,11-12,14-17H,8-9H2,1H3/t11-,12-,14+/m0/s1. The Morgan fingerprint density at radius 1 is 1.25 bits per heavy atom. The monoisotopic (exact) mass is 297 g/mol. The van der Waals surface area contributed by atoms with Crippen molar-refractivity contribution >= 4 is 10.0 Å². The summed E-state index contributed by atoms with van der Waals surface area (Å²) in [6.07, 6.45) is 2.80. The van der Waals surface area contributed by atoms with Gasteiger partial charge in [-0.25, -0.2) is 13.1 Å². The largest absolute Gasteiger partial charge is 0.396 e. The van der Waals surface area contributed by atoms with Gasteiger partial charge in [0.15, 0.2) is 0 Å². The third-order valence-electron chi connectivity index (χ3n) is 3.45. The Labute approximate surface area is 119 Å². The average molecular weight is 297 g/mol. The minimum absolute atomic E-state index is 0.172. The number of rotatable bonds is 4. The van der Waals surface area contributed by atoms with Crippen molar-refractivity contribution in [2.45, 2.75) is 30.4 Å². The second kappa shape index (κ2) is 6.05. The van der Waals surface area contributed by atoms with Crippen LogP contribution in [0.1, 0.15) is 12.0 Å². The van der Waals surface area contributed by atoms with E-state index in [0.29, 0.717) is 6.42 Å². The van der Waals surface area contributed by atoms with E-state index in [1.807, 2.05) is 6.92 Å². The van der Waals surface area contributed by atoms with E-state index in [-0.39, 0.29) is 17.4 Å². The first-order valence-electron chi connectivity index (χ1n) is 6.48. The van der Waals surface area contributed by atoms with Gasteiger partial charge in [-0.3, -0.25) is 0 Å². The van der Waals surface area contributed by atoms with Crippen LogP contribution in [0, 0.1) is 12.8 Å². The molecule has 2 rings (SSSR count). The van der Waals surface area contributed by atoms with Crippen molar-refractivity contribution in [3.8, 4) is 0 Å². The molecule has 0 fully saturated rings. The summed E-state index contributed by atoms with van der Waals surface area (Å²) in [7, 11) is -3.59. The molecule has 1 aliphatic rings. The molecule has 1 aliphatic carbocycles. The van der Waals surface area contributed by atoms with Gasteiger partial charge < -0.3 is 10.2 Å². The fourth-order valence-electron chi connectivity index (χ4n) is 2.20. The maximum absolute atomic E-state index is 12.2. The summed E-state index contributed by atoms with van der Waals surface area (Å²) in [4.78, 5) is 0.211. The highest BCUT2D eigenvalue weighted by atomic mass is 32.2.